The average molecular weight is 314 g/mol. The minimum atomic E-state index is -0.0134. The van der Waals surface area contributed by atoms with Crippen LogP contribution in [-0.4, -0.2) is 46.9 Å². The fourth-order valence-corrected chi connectivity index (χ4v) is 4.91. The van der Waals surface area contributed by atoms with Gasteiger partial charge in [0.15, 0.2) is 0 Å². The molecule has 2 aliphatic rings. The van der Waals surface area contributed by atoms with Gasteiger partial charge in [-0.3, -0.25) is 9.69 Å². The van der Waals surface area contributed by atoms with Crippen molar-refractivity contribution < 1.29 is 4.79 Å². The van der Waals surface area contributed by atoms with Crippen molar-refractivity contribution >= 4 is 5.91 Å². The largest absolute Gasteiger partial charge is 0.336 e. The lowest BCUT2D eigenvalue weighted by Crippen LogP contribution is -2.57. The van der Waals surface area contributed by atoms with Gasteiger partial charge in [-0.1, -0.05) is 43.2 Å². The van der Waals surface area contributed by atoms with E-state index in [9.17, 15) is 4.79 Å². The van der Waals surface area contributed by atoms with Crippen molar-refractivity contribution in [2.24, 2.45) is 0 Å². The molecule has 3 atom stereocenters. The lowest BCUT2D eigenvalue weighted by Gasteiger charge is -2.45. The summed E-state index contributed by atoms with van der Waals surface area (Å²) in [5.41, 5.74) is 1.39. The molecule has 0 spiro atoms. The van der Waals surface area contributed by atoms with E-state index in [4.69, 9.17) is 0 Å². The van der Waals surface area contributed by atoms with Gasteiger partial charge in [0.2, 0.25) is 5.91 Å². The minimum absolute atomic E-state index is 0.0134. The first-order valence-electron chi connectivity index (χ1n) is 9.06. The first kappa shape index (κ1) is 16.5. The number of carbonyl (C=O) groups excluding carboxylic acids is 1. The van der Waals surface area contributed by atoms with E-state index in [1.165, 1.54) is 24.8 Å². The van der Waals surface area contributed by atoms with Gasteiger partial charge < -0.3 is 4.90 Å². The molecule has 2 fully saturated rings. The van der Waals surface area contributed by atoms with Gasteiger partial charge in [-0.05, 0) is 45.2 Å². The van der Waals surface area contributed by atoms with Gasteiger partial charge in [0.25, 0.3) is 0 Å². The van der Waals surface area contributed by atoms with E-state index in [1.54, 1.807) is 6.92 Å². The number of likely N-dealkylation sites (N-methyl/N-ethyl adjacent to an activating group) is 1. The van der Waals surface area contributed by atoms with Crippen LogP contribution in [0.4, 0.5) is 0 Å². The number of hydrogen-bond acceptors (Lipinski definition) is 2. The molecular weight excluding hydrogens is 284 g/mol. The summed E-state index contributed by atoms with van der Waals surface area (Å²) in [5, 5.41) is 0. The molecule has 0 N–H and O–H groups in total. The molecule has 2 heterocycles. The van der Waals surface area contributed by atoms with Crippen molar-refractivity contribution in [1.82, 2.24) is 9.80 Å². The lowest BCUT2D eigenvalue weighted by atomic mass is 9.83. The Morgan fingerprint density at radius 2 is 1.96 bits per heavy atom. The first-order chi connectivity index (χ1) is 11.0. The van der Waals surface area contributed by atoms with Crippen molar-refractivity contribution in [1.29, 1.82) is 0 Å². The maximum absolute atomic E-state index is 12.3. The SMILES string of the molecule is CC(=O)N1CCCCC[C@@H]2N(C)[C@H](Cc3ccccc3)C[C@@]21C. The highest BCUT2D eigenvalue weighted by Crippen LogP contribution is 2.42. The Bertz CT molecular complexity index is 544. The van der Waals surface area contributed by atoms with Crippen LogP contribution in [-0.2, 0) is 11.2 Å². The monoisotopic (exact) mass is 314 g/mol. The van der Waals surface area contributed by atoms with Crippen LogP contribution >= 0.6 is 0 Å². The van der Waals surface area contributed by atoms with E-state index >= 15 is 0 Å². The van der Waals surface area contributed by atoms with E-state index in [2.05, 4.69) is 54.1 Å². The molecule has 3 nitrogen and oxygen atoms in total. The molecule has 2 aliphatic heterocycles. The molecule has 23 heavy (non-hydrogen) atoms. The number of fused-ring (bicyclic) bond motifs is 1. The zero-order valence-corrected chi connectivity index (χ0v) is 14.8. The number of hydrogen-bond donors (Lipinski definition) is 0. The third-order valence-electron chi connectivity index (χ3n) is 6.10. The smallest absolute Gasteiger partial charge is 0.219 e. The minimum Gasteiger partial charge on any atom is -0.336 e. The number of likely N-dealkylation sites (tertiary alicyclic amines) is 2. The highest BCUT2D eigenvalue weighted by atomic mass is 16.2. The summed E-state index contributed by atoms with van der Waals surface area (Å²) in [7, 11) is 2.27. The summed E-state index contributed by atoms with van der Waals surface area (Å²) in [4.78, 5) is 17.0. The maximum Gasteiger partial charge on any atom is 0.219 e. The molecule has 3 heteroatoms. The highest BCUT2D eigenvalue weighted by Gasteiger charge is 2.51. The van der Waals surface area contributed by atoms with Crippen LogP contribution in [0.2, 0.25) is 0 Å². The van der Waals surface area contributed by atoms with E-state index in [1.807, 2.05) is 0 Å². The topological polar surface area (TPSA) is 23.6 Å². The van der Waals surface area contributed by atoms with Gasteiger partial charge in [-0.2, -0.15) is 0 Å². The average Bonchev–Trinajstić information content (AvgIpc) is 2.73. The molecule has 0 unspecified atom stereocenters. The summed E-state index contributed by atoms with van der Waals surface area (Å²) in [6, 6.07) is 11.8. The number of benzene rings is 1. The Balaban J connectivity index is 1.85. The fourth-order valence-electron chi connectivity index (χ4n) is 4.91. The molecule has 2 saturated heterocycles. The summed E-state index contributed by atoms with van der Waals surface area (Å²) in [5.74, 6) is 0.244. The molecule has 0 aliphatic carbocycles. The second-order valence-electron chi connectivity index (χ2n) is 7.61. The van der Waals surface area contributed by atoms with Crippen LogP contribution in [0.1, 0.15) is 51.5 Å². The highest BCUT2D eigenvalue weighted by molar-refractivity contribution is 5.74. The van der Waals surface area contributed by atoms with E-state index in [-0.39, 0.29) is 11.4 Å². The number of carbonyl (C=O) groups is 1. The standard InChI is InChI=1S/C20H30N2O/c1-16(23)22-13-9-5-8-12-19-20(22,2)15-18(21(19)3)14-17-10-6-4-7-11-17/h4,6-7,10-11,18-19H,5,8-9,12-15H2,1-3H3/t18-,19+,20+/m1/s1. The van der Waals surface area contributed by atoms with Crippen molar-refractivity contribution in [3.8, 4) is 0 Å². The first-order valence-corrected chi connectivity index (χ1v) is 9.06. The zero-order chi connectivity index (χ0) is 16.4. The van der Waals surface area contributed by atoms with Gasteiger partial charge in [0.1, 0.15) is 0 Å². The van der Waals surface area contributed by atoms with Crippen LogP contribution in [0.25, 0.3) is 0 Å². The van der Waals surface area contributed by atoms with Gasteiger partial charge in [-0.25, -0.2) is 0 Å². The molecule has 0 saturated carbocycles. The Morgan fingerprint density at radius 3 is 2.65 bits per heavy atom. The van der Waals surface area contributed by atoms with Crippen LogP contribution in [0.3, 0.4) is 0 Å². The molecule has 1 aromatic carbocycles. The third kappa shape index (κ3) is 3.16. The van der Waals surface area contributed by atoms with Gasteiger partial charge in [0.05, 0.1) is 5.54 Å². The number of rotatable bonds is 2. The molecule has 1 amide bonds. The normalized spacial score (nSPS) is 32.2. The molecule has 0 radical (unpaired) electrons. The van der Waals surface area contributed by atoms with E-state index < -0.39 is 0 Å². The summed E-state index contributed by atoms with van der Waals surface area (Å²) in [6.07, 6.45) is 7.05. The molecule has 0 bridgehead atoms. The zero-order valence-electron chi connectivity index (χ0n) is 14.8. The van der Waals surface area contributed by atoms with Crippen molar-refractivity contribution in [2.75, 3.05) is 13.6 Å². The predicted octanol–water partition coefficient (Wildman–Crippen LogP) is 3.48. The van der Waals surface area contributed by atoms with Gasteiger partial charge in [0, 0.05) is 25.6 Å². The second-order valence-corrected chi connectivity index (χ2v) is 7.61. The summed E-state index contributed by atoms with van der Waals surface area (Å²) in [6.45, 7) is 4.99. The van der Waals surface area contributed by atoms with Crippen molar-refractivity contribution in [2.45, 2.75) is 70.0 Å². The van der Waals surface area contributed by atoms with Crippen LogP contribution < -0.4 is 0 Å². The number of amides is 1. The predicted molar refractivity (Wildman–Crippen MR) is 94.4 cm³/mol. The molecule has 126 valence electrons. The van der Waals surface area contributed by atoms with E-state index in [0.717, 1.165) is 25.8 Å². The van der Waals surface area contributed by atoms with Gasteiger partial charge >= 0.3 is 0 Å². The second kappa shape index (κ2) is 6.64. The Hall–Kier alpha value is -1.35. The lowest BCUT2D eigenvalue weighted by molar-refractivity contribution is -0.136. The van der Waals surface area contributed by atoms with Gasteiger partial charge in [-0.15, -0.1) is 0 Å². The molecule has 0 aromatic heterocycles. The number of nitrogens with zero attached hydrogens (tertiary/aromatic N) is 2. The van der Waals surface area contributed by atoms with Crippen LogP contribution in [0.15, 0.2) is 30.3 Å². The Labute approximate surface area is 140 Å². The Morgan fingerprint density at radius 1 is 1.22 bits per heavy atom. The van der Waals surface area contributed by atoms with Crippen molar-refractivity contribution in [3.63, 3.8) is 0 Å². The maximum atomic E-state index is 12.3. The fraction of sp³-hybridized carbons (Fsp3) is 0.650. The molecule has 3 rings (SSSR count). The molecular formula is C20H30N2O. The molecule has 1 aromatic rings. The quantitative estimate of drug-likeness (QED) is 0.834. The Kier molecular flexibility index (Phi) is 4.77. The van der Waals surface area contributed by atoms with Crippen LogP contribution in [0, 0.1) is 0 Å². The van der Waals surface area contributed by atoms with Crippen molar-refractivity contribution in [3.05, 3.63) is 35.9 Å². The van der Waals surface area contributed by atoms with E-state index in [0.29, 0.717) is 12.1 Å². The summed E-state index contributed by atoms with van der Waals surface area (Å²) < 4.78 is 0. The summed E-state index contributed by atoms with van der Waals surface area (Å²) >= 11 is 0. The van der Waals surface area contributed by atoms with Crippen LogP contribution in [0.5, 0.6) is 0 Å². The third-order valence-corrected chi connectivity index (χ3v) is 6.10.